The molecule has 0 aromatic heterocycles. The van der Waals surface area contributed by atoms with Gasteiger partial charge in [0, 0.05) is 32.3 Å². The van der Waals surface area contributed by atoms with Gasteiger partial charge in [-0.3, -0.25) is 4.90 Å². The van der Waals surface area contributed by atoms with Gasteiger partial charge >= 0.3 is 0 Å². The van der Waals surface area contributed by atoms with Crippen molar-refractivity contribution in [3.05, 3.63) is 0 Å². The van der Waals surface area contributed by atoms with Crippen LogP contribution in [-0.4, -0.2) is 55.3 Å². The average molecular weight is 260 g/mol. The normalized spacial score (nSPS) is 20.6. The molecule has 3 nitrogen and oxygen atoms in total. The summed E-state index contributed by atoms with van der Waals surface area (Å²) in [5.74, 6) is 1.26. The van der Waals surface area contributed by atoms with Gasteiger partial charge in [-0.05, 0) is 44.6 Å². The first-order chi connectivity index (χ1) is 8.31. The number of hydrogen-bond acceptors (Lipinski definition) is 4. The molecule has 1 saturated heterocycles. The van der Waals surface area contributed by atoms with Crippen molar-refractivity contribution in [2.24, 2.45) is 5.73 Å². The summed E-state index contributed by atoms with van der Waals surface area (Å²) in [7, 11) is 0. The predicted molar refractivity (Wildman–Crippen MR) is 76.7 cm³/mol. The fraction of sp³-hybridized carbons (Fsp3) is 1.00. The monoisotopic (exact) mass is 260 g/mol. The summed E-state index contributed by atoms with van der Waals surface area (Å²) in [6.07, 6.45) is 7.54. The van der Waals surface area contributed by atoms with Gasteiger partial charge in [-0.25, -0.2) is 0 Å². The lowest BCUT2D eigenvalue weighted by Crippen LogP contribution is -2.46. The van der Waals surface area contributed by atoms with E-state index in [0.29, 0.717) is 12.1 Å². The van der Waals surface area contributed by atoms with Crippen LogP contribution < -0.4 is 5.73 Å². The van der Waals surface area contributed by atoms with Crippen LogP contribution >= 0.6 is 11.8 Å². The van der Waals surface area contributed by atoms with E-state index in [4.69, 9.17) is 10.5 Å². The topological polar surface area (TPSA) is 38.5 Å². The second kappa shape index (κ2) is 9.20. The standard InChI is InChI=1S/C13H28N2OS/c1-3-16-13-6-8-15(9-7-13)12(11-14)5-4-10-17-2/h12-13H,3-11,14H2,1-2H3. The van der Waals surface area contributed by atoms with Crippen molar-refractivity contribution >= 4 is 11.8 Å². The second-order valence-electron chi connectivity index (χ2n) is 4.72. The quantitative estimate of drug-likeness (QED) is 0.677. The van der Waals surface area contributed by atoms with E-state index in [1.807, 2.05) is 11.8 Å². The lowest BCUT2D eigenvalue weighted by atomic mass is 10.0. The zero-order valence-corrected chi connectivity index (χ0v) is 12.2. The third-order valence-corrected chi connectivity index (χ3v) is 4.25. The van der Waals surface area contributed by atoms with E-state index in [-0.39, 0.29) is 0 Å². The Bertz CT molecular complexity index is 184. The minimum Gasteiger partial charge on any atom is -0.378 e. The summed E-state index contributed by atoms with van der Waals surface area (Å²) in [5, 5.41) is 0. The van der Waals surface area contributed by atoms with Crippen molar-refractivity contribution in [2.75, 3.05) is 38.2 Å². The molecular weight excluding hydrogens is 232 g/mol. The summed E-state index contributed by atoms with van der Waals surface area (Å²) in [4.78, 5) is 2.57. The van der Waals surface area contributed by atoms with Gasteiger partial charge in [0.25, 0.3) is 0 Å². The van der Waals surface area contributed by atoms with Gasteiger partial charge in [-0.1, -0.05) is 0 Å². The molecule has 1 unspecified atom stereocenters. The second-order valence-corrected chi connectivity index (χ2v) is 5.70. The van der Waals surface area contributed by atoms with Gasteiger partial charge in [-0.15, -0.1) is 0 Å². The maximum absolute atomic E-state index is 5.90. The fourth-order valence-corrected chi connectivity index (χ4v) is 3.01. The van der Waals surface area contributed by atoms with E-state index < -0.39 is 0 Å². The van der Waals surface area contributed by atoms with Gasteiger partial charge in [-0.2, -0.15) is 11.8 Å². The Balaban J connectivity index is 2.24. The molecule has 1 rings (SSSR count). The van der Waals surface area contributed by atoms with Crippen LogP contribution in [0.5, 0.6) is 0 Å². The van der Waals surface area contributed by atoms with Crippen LogP contribution in [0.2, 0.25) is 0 Å². The molecule has 1 heterocycles. The van der Waals surface area contributed by atoms with Crippen molar-refractivity contribution in [3.8, 4) is 0 Å². The number of ether oxygens (including phenoxy) is 1. The molecule has 0 saturated carbocycles. The Hall–Kier alpha value is 0.230. The lowest BCUT2D eigenvalue weighted by molar-refractivity contribution is 0.00393. The lowest BCUT2D eigenvalue weighted by Gasteiger charge is -2.37. The minimum absolute atomic E-state index is 0.487. The van der Waals surface area contributed by atoms with Gasteiger partial charge < -0.3 is 10.5 Å². The molecule has 0 amide bonds. The number of likely N-dealkylation sites (tertiary alicyclic amines) is 1. The zero-order chi connectivity index (χ0) is 12.5. The van der Waals surface area contributed by atoms with E-state index in [1.165, 1.54) is 31.4 Å². The number of hydrogen-bond donors (Lipinski definition) is 1. The Morgan fingerprint density at radius 1 is 1.41 bits per heavy atom. The van der Waals surface area contributed by atoms with Crippen LogP contribution in [0, 0.1) is 0 Å². The van der Waals surface area contributed by atoms with Crippen molar-refractivity contribution in [1.29, 1.82) is 0 Å². The largest absolute Gasteiger partial charge is 0.378 e. The Morgan fingerprint density at radius 3 is 2.65 bits per heavy atom. The third kappa shape index (κ3) is 5.60. The Kier molecular flexibility index (Phi) is 8.27. The van der Waals surface area contributed by atoms with Crippen LogP contribution in [0.3, 0.4) is 0 Å². The summed E-state index contributed by atoms with van der Waals surface area (Å²) in [6, 6.07) is 0.588. The summed E-state index contributed by atoms with van der Waals surface area (Å²) < 4.78 is 5.68. The molecule has 4 heteroatoms. The molecule has 102 valence electrons. The van der Waals surface area contributed by atoms with Crippen molar-refractivity contribution in [1.82, 2.24) is 4.90 Å². The van der Waals surface area contributed by atoms with E-state index in [1.54, 1.807) is 0 Å². The molecule has 1 atom stereocenters. The zero-order valence-electron chi connectivity index (χ0n) is 11.4. The molecule has 1 fully saturated rings. The van der Waals surface area contributed by atoms with Gasteiger partial charge in [0.05, 0.1) is 6.10 Å². The SMILES string of the molecule is CCOC1CCN(C(CN)CCCSC)CC1. The number of nitrogens with zero attached hydrogens (tertiary/aromatic N) is 1. The first-order valence-corrected chi connectivity index (χ1v) is 8.25. The number of piperidine rings is 1. The fourth-order valence-electron chi connectivity index (χ4n) is 2.56. The van der Waals surface area contributed by atoms with Crippen molar-refractivity contribution < 1.29 is 4.74 Å². The predicted octanol–water partition coefficient (Wildman–Crippen LogP) is 1.96. The van der Waals surface area contributed by atoms with E-state index in [0.717, 1.165) is 26.2 Å². The number of thioether (sulfide) groups is 1. The highest BCUT2D eigenvalue weighted by Gasteiger charge is 2.23. The van der Waals surface area contributed by atoms with Crippen LogP contribution in [0.15, 0.2) is 0 Å². The highest BCUT2D eigenvalue weighted by atomic mass is 32.2. The number of rotatable bonds is 8. The molecule has 2 N–H and O–H groups in total. The average Bonchev–Trinajstić information content (AvgIpc) is 2.36. The maximum atomic E-state index is 5.90. The van der Waals surface area contributed by atoms with Crippen LogP contribution in [0.25, 0.3) is 0 Å². The molecular formula is C13H28N2OS. The molecule has 0 radical (unpaired) electrons. The maximum Gasteiger partial charge on any atom is 0.0599 e. The van der Waals surface area contributed by atoms with Crippen molar-refractivity contribution in [2.45, 2.75) is 44.8 Å². The smallest absolute Gasteiger partial charge is 0.0599 e. The molecule has 0 spiro atoms. The Morgan fingerprint density at radius 2 is 2.12 bits per heavy atom. The minimum atomic E-state index is 0.487. The van der Waals surface area contributed by atoms with E-state index in [9.17, 15) is 0 Å². The molecule has 0 bridgehead atoms. The molecule has 0 aromatic carbocycles. The highest BCUT2D eigenvalue weighted by molar-refractivity contribution is 7.98. The highest BCUT2D eigenvalue weighted by Crippen LogP contribution is 2.18. The Labute approximate surface area is 110 Å². The molecule has 0 aromatic rings. The molecule has 17 heavy (non-hydrogen) atoms. The van der Waals surface area contributed by atoms with E-state index >= 15 is 0 Å². The molecule has 1 aliphatic rings. The first-order valence-electron chi connectivity index (χ1n) is 6.86. The van der Waals surface area contributed by atoms with Crippen LogP contribution in [0.4, 0.5) is 0 Å². The van der Waals surface area contributed by atoms with Crippen LogP contribution in [0.1, 0.15) is 32.6 Å². The third-order valence-electron chi connectivity index (χ3n) is 3.55. The summed E-state index contributed by atoms with van der Waals surface area (Å²) >= 11 is 1.93. The van der Waals surface area contributed by atoms with E-state index in [2.05, 4.69) is 18.1 Å². The summed E-state index contributed by atoms with van der Waals surface area (Å²) in [5.41, 5.74) is 5.90. The van der Waals surface area contributed by atoms with Crippen LogP contribution in [-0.2, 0) is 4.74 Å². The summed E-state index contributed by atoms with van der Waals surface area (Å²) in [6.45, 7) is 6.04. The van der Waals surface area contributed by atoms with Gasteiger partial charge in [0.1, 0.15) is 0 Å². The molecule has 0 aliphatic carbocycles. The number of nitrogens with two attached hydrogens (primary N) is 1. The van der Waals surface area contributed by atoms with Gasteiger partial charge in [0.2, 0.25) is 0 Å². The van der Waals surface area contributed by atoms with Gasteiger partial charge in [0.15, 0.2) is 0 Å². The first kappa shape index (κ1) is 15.3. The van der Waals surface area contributed by atoms with Crippen molar-refractivity contribution in [3.63, 3.8) is 0 Å². The molecule has 1 aliphatic heterocycles.